The predicted octanol–water partition coefficient (Wildman–Crippen LogP) is 3.10. The smallest absolute Gasteiger partial charge is 0.318 e. The van der Waals surface area contributed by atoms with Crippen molar-refractivity contribution in [3.63, 3.8) is 0 Å². The van der Waals surface area contributed by atoms with E-state index in [0.717, 1.165) is 16.8 Å². The largest absolute Gasteiger partial charge is 0.341 e. The molecule has 3 nitrogen and oxygen atoms in total. The monoisotopic (exact) mass is 226 g/mol. The van der Waals surface area contributed by atoms with Crippen molar-refractivity contribution in [2.45, 2.75) is 0 Å². The summed E-state index contributed by atoms with van der Waals surface area (Å²) in [6.45, 7) is 0. The quantitative estimate of drug-likeness (QED) is 0.811. The number of anilines is 1. The van der Waals surface area contributed by atoms with Crippen LogP contribution in [0.3, 0.4) is 0 Å². The molecule has 0 saturated heterocycles. The molecule has 0 unspecified atom stereocenters. The Labute approximate surface area is 100 Å². The van der Waals surface area contributed by atoms with Gasteiger partial charge in [-0.15, -0.1) is 0 Å². The zero-order valence-electron chi connectivity index (χ0n) is 9.60. The second-order valence-corrected chi connectivity index (χ2v) is 3.62. The standard InChI is InChI=1S/C14H14N2O/c1-15-14(17)16-13-10-6-5-9-12(13)11-7-3-2-4-8-11/h2-10H,1H3,(H2,15,16,17). The molecule has 0 aliphatic heterocycles. The summed E-state index contributed by atoms with van der Waals surface area (Å²) in [6, 6.07) is 17.5. The van der Waals surface area contributed by atoms with Gasteiger partial charge in [0.05, 0.1) is 5.69 Å². The first-order chi connectivity index (χ1) is 8.31. The number of para-hydroxylation sites is 1. The van der Waals surface area contributed by atoms with Gasteiger partial charge in [-0.2, -0.15) is 0 Å². The molecule has 17 heavy (non-hydrogen) atoms. The van der Waals surface area contributed by atoms with Crippen LogP contribution in [0, 0.1) is 0 Å². The molecule has 3 heteroatoms. The lowest BCUT2D eigenvalue weighted by molar-refractivity contribution is 0.254. The number of nitrogens with one attached hydrogen (secondary N) is 2. The zero-order valence-corrected chi connectivity index (χ0v) is 9.60. The van der Waals surface area contributed by atoms with Gasteiger partial charge in [0.25, 0.3) is 0 Å². The number of hydrogen-bond donors (Lipinski definition) is 2. The average molecular weight is 226 g/mol. The van der Waals surface area contributed by atoms with Crippen LogP contribution in [0.15, 0.2) is 54.6 Å². The molecule has 0 atom stereocenters. The second-order valence-electron chi connectivity index (χ2n) is 3.62. The minimum Gasteiger partial charge on any atom is -0.341 e. The van der Waals surface area contributed by atoms with Gasteiger partial charge in [0.15, 0.2) is 0 Å². The van der Waals surface area contributed by atoms with E-state index in [2.05, 4.69) is 10.6 Å². The number of hydrogen-bond acceptors (Lipinski definition) is 1. The van der Waals surface area contributed by atoms with Crippen LogP contribution in [0.1, 0.15) is 0 Å². The van der Waals surface area contributed by atoms with E-state index >= 15 is 0 Å². The first kappa shape index (κ1) is 11.2. The third-order valence-corrected chi connectivity index (χ3v) is 2.49. The molecular weight excluding hydrogens is 212 g/mol. The lowest BCUT2D eigenvalue weighted by Crippen LogP contribution is -2.24. The van der Waals surface area contributed by atoms with Crippen molar-refractivity contribution in [1.29, 1.82) is 0 Å². The first-order valence-corrected chi connectivity index (χ1v) is 5.44. The van der Waals surface area contributed by atoms with Gasteiger partial charge in [0.2, 0.25) is 0 Å². The second kappa shape index (κ2) is 5.16. The molecule has 0 saturated carbocycles. The lowest BCUT2D eigenvalue weighted by Gasteiger charge is -2.10. The summed E-state index contributed by atoms with van der Waals surface area (Å²) in [5, 5.41) is 5.35. The predicted molar refractivity (Wildman–Crippen MR) is 70.0 cm³/mol. The molecule has 0 bridgehead atoms. The SMILES string of the molecule is CNC(=O)Nc1ccccc1-c1ccccc1. The fourth-order valence-corrected chi connectivity index (χ4v) is 1.65. The highest BCUT2D eigenvalue weighted by Gasteiger charge is 2.05. The Balaban J connectivity index is 2.38. The highest BCUT2D eigenvalue weighted by atomic mass is 16.2. The number of carbonyl (C=O) groups is 1. The van der Waals surface area contributed by atoms with Crippen molar-refractivity contribution < 1.29 is 4.79 Å². The van der Waals surface area contributed by atoms with E-state index in [1.807, 2.05) is 54.6 Å². The molecule has 2 aromatic rings. The van der Waals surface area contributed by atoms with Crippen LogP contribution in [0.2, 0.25) is 0 Å². The Morgan fingerprint density at radius 1 is 0.941 bits per heavy atom. The molecular formula is C14H14N2O. The summed E-state index contributed by atoms with van der Waals surface area (Å²) in [4.78, 5) is 11.3. The number of benzene rings is 2. The summed E-state index contributed by atoms with van der Waals surface area (Å²) >= 11 is 0. The molecule has 0 spiro atoms. The minimum absolute atomic E-state index is 0.214. The Hall–Kier alpha value is -2.29. The van der Waals surface area contributed by atoms with E-state index < -0.39 is 0 Å². The van der Waals surface area contributed by atoms with Gasteiger partial charge in [-0.1, -0.05) is 48.5 Å². The van der Waals surface area contributed by atoms with Crippen molar-refractivity contribution in [3.8, 4) is 11.1 Å². The maximum absolute atomic E-state index is 11.3. The Morgan fingerprint density at radius 3 is 2.29 bits per heavy atom. The van der Waals surface area contributed by atoms with Gasteiger partial charge >= 0.3 is 6.03 Å². The van der Waals surface area contributed by atoms with Gasteiger partial charge in [0, 0.05) is 12.6 Å². The van der Waals surface area contributed by atoms with E-state index in [-0.39, 0.29) is 6.03 Å². The van der Waals surface area contributed by atoms with Crippen LogP contribution in [0.5, 0.6) is 0 Å². The molecule has 2 rings (SSSR count). The molecule has 0 aliphatic carbocycles. The topological polar surface area (TPSA) is 41.1 Å². The molecule has 86 valence electrons. The van der Waals surface area contributed by atoms with Gasteiger partial charge in [-0.25, -0.2) is 4.79 Å². The molecule has 0 aromatic heterocycles. The Morgan fingerprint density at radius 2 is 1.59 bits per heavy atom. The first-order valence-electron chi connectivity index (χ1n) is 5.44. The van der Waals surface area contributed by atoms with Crippen LogP contribution in [-0.4, -0.2) is 13.1 Å². The van der Waals surface area contributed by atoms with Crippen molar-refractivity contribution in [3.05, 3.63) is 54.6 Å². The third-order valence-electron chi connectivity index (χ3n) is 2.49. The molecule has 0 fully saturated rings. The van der Waals surface area contributed by atoms with Crippen LogP contribution in [0.25, 0.3) is 11.1 Å². The van der Waals surface area contributed by atoms with Gasteiger partial charge in [-0.3, -0.25) is 0 Å². The molecule has 2 N–H and O–H groups in total. The number of rotatable bonds is 2. The molecule has 0 radical (unpaired) electrons. The van der Waals surface area contributed by atoms with E-state index in [9.17, 15) is 4.79 Å². The van der Waals surface area contributed by atoms with E-state index in [1.165, 1.54) is 0 Å². The summed E-state index contributed by atoms with van der Waals surface area (Å²) in [7, 11) is 1.60. The highest BCUT2D eigenvalue weighted by molar-refractivity contribution is 5.94. The van der Waals surface area contributed by atoms with Crippen molar-refractivity contribution in [2.75, 3.05) is 12.4 Å². The summed E-state index contributed by atoms with van der Waals surface area (Å²) in [5.74, 6) is 0. The van der Waals surface area contributed by atoms with Gasteiger partial charge in [-0.05, 0) is 11.6 Å². The zero-order chi connectivity index (χ0) is 12.1. The summed E-state index contributed by atoms with van der Waals surface area (Å²) < 4.78 is 0. The van der Waals surface area contributed by atoms with Crippen LogP contribution in [0.4, 0.5) is 10.5 Å². The van der Waals surface area contributed by atoms with Crippen molar-refractivity contribution in [1.82, 2.24) is 5.32 Å². The number of amides is 2. The molecule has 2 amide bonds. The molecule has 0 heterocycles. The van der Waals surface area contributed by atoms with Crippen molar-refractivity contribution >= 4 is 11.7 Å². The van der Waals surface area contributed by atoms with Crippen LogP contribution >= 0.6 is 0 Å². The van der Waals surface area contributed by atoms with E-state index in [4.69, 9.17) is 0 Å². The normalized spacial score (nSPS) is 9.71. The molecule has 2 aromatic carbocycles. The Bertz CT molecular complexity index is 509. The summed E-state index contributed by atoms with van der Waals surface area (Å²) in [5.41, 5.74) is 2.90. The van der Waals surface area contributed by atoms with Crippen LogP contribution < -0.4 is 10.6 Å². The van der Waals surface area contributed by atoms with Gasteiger partial charge < -0.3 is 10.6 Å². The van der Waals surface area contributed by atoms with E-state index in [1.54, 1.807) is 7.05 Å². The van der Waals surface area contributed by atoms with Crippen molar-refractivity contribution in [2.24, 2.45) is 0 Å². The fourth-order valence-electron chi connectivity index (χ4n) is 1.65. The highest BCUT2D eigenvalue weighted by Crippen LogP contribution is 2.27. The van der Waals surface area contributed by atoms with Crippen LogP contribution in [-0.2, 0) is 0 Å². The maximum Gasteiger partial charge on any atom is 0.318 e. The Kier molecular flexibility index (Phi) is 3.40. The van der Waals surface area contributed by atoms with Gasteiger partial charge in [0.1, 0.15) is 0 Å². The lowest BCUT2D eigenvalue weighted by atomic mass is 10.0. The third kappa shape index (κ3) is 2.64. The number of carbonyl (C=O) groups excluding carboxylic acids is 1. The summed E-state index contributed by atoms with van der Waals surface area (Å²) in [6.07, 6.45) is 0. The maximum atomic E-state index is 11.3. The molecule has 0 aliphatic rings. The number of urea groups is 1. The average Bonchev–Trinajstić information content (AvgIpc) is 2.40. The fraction of sp³-hybridized carbons (Fsp3) is 0.0714. The minimum atomic E-state index is -0.214. The van der Waals surface area contributed by atoms with E-state index in [0.29, 0.717) is 0 Å².